The molecule has 5 nitrogen and oxygen atoms in total. The molecule has 0 bridgehead atoms. The van der Waals surface area contributed by atoms with Crippen LogP contribution in [0.5, 0.6) is 17.2 Å². The number of rotatable bonds is 13. The van der Waals surface area contributed by atoms with Gasteiger partial charge in [-0.3, -0.25) is 0 Å². The van der Waals surface area contributed by atoms with Crippen LogP contribution in [0.2, 0.25) is 0 Å². The molecule has 0 aliphatic heterocycles. The minimum absolute atomic E-state index is 0.603. The van der Waals surface area contributed by atoms with Crippen LogP contribution in [-0.2, 0) is 6.54 Å². The number of thiol groups is 1. The summed E-state index contributed by atoms with van der Waals surface area (Å²) in [6.07, 6.45) is 8.69. The van der Waals surface area contributed by atoms with Gasteiger partial charge in [-0.2, -0.15) is 4.57 Å². The van der Waals surface area contributed by atoms with Crippen LogP contribution in [0.1, 0.15) is 24.1 Å². The molecule has 0 fully saturated rings. The number of benzene rings is 1. The van der Waals surface area contributed by atoms with E-state index in [4.69, 9.17) is 14.2 Å². The molecule has 1 aromatic heterocycles. The molecule has 0 aliphatic carbocycles. The molecule has 0 N–H and O–H groups in total. The number of nitrogens with zero attached hydrogens (tertiary/aromatic N) is 2. The molecule has 0 saturated carbocycles. The molecule has 0 spiro atoms. The molecule has 0 radical (unpaired) electrons. The van der Waals surface area contributed by atoms with Gasteiger partial charge in [-0.15, -0.1) is 11.7 Å². The zero-order valence-corrected chi connectivity index (χ0v) is 21.0. The molecule has 1 aromatic carbocycles. The third kappa shape index (κ3) is 7.98. The minimum atomic E-state index is 0.603. The van der Waals surface area contributed by atoms with E-state index in [1.807, 2.05) is 12.1 Å². The van der Waals surface area contributed by atoms with Crippen LogP contribution >= 0.6 is 22.5 Å². The monoisotopic (exact) mass is 464 g/mol. The van der Waals surface area contributed by atoms with E-state index in [1.54, 1.807) is 32.1 Å². The standard InChI is InChI=1S/C24H35N2O3S2/c1-26(2,16-17-31-30)15-9-8-14-25-13-7-6-10-21(25)12-11-20-18-22(27-3)24(29-5)23(19-20)28-4/h6-7,10-13,18-19H,8-9,14-17H2,1-5H3/q+1/p+1/b12-11+. The fourth-order valence-electron chi connectivity index (χ4n) is 3.45. The van der Waals surface area contributed by atoms with E-state index in [0.29, 0.717) is 17.2 Å². The van der Waals surface area contributed by atoms with Gasteiger partial charge in [0.15, 0.2) is 17.7 Å². The summed E-state index contributed by atoms with van der Waals surface area (Å²) in [5.41, 5.74) is 2.16. The van der Waals surface area contributed by atoms with Gasteiger partial charge in [0.05, 0.1) is 54.3 Å². The molecule has 1 heterocycles. The molecule has 0 aliphatic rings. The van der Waals surface area contributed by atoms with E-state index in [1.165, 1.54) is 13.0 Å². The Morgan fingerprint density at radius 1 is 0.968 bits per heavy atom. The Morgan fingerprint density at radius 3 is 2.29 bits per heavy atom. The van der Waals surface area contributed by atoms with Gasteiger partial charge in [-0.1, -0.05) is 10.8 Å². The number of ether oxygens (including phenoxy) is 3. The quantitative estimate of drug-likeness (QED) is 0.154. The van der Waals surface area contributed by atoms with Crippen LogP contribution in [0.25, 0.3) is 12.2 Å². The number of quaternary nitrogens is 1. The van der Waals surface area contributed by atoms with Crippen LogP contribution in [0.15, 0.2) is 36.5 Å². The largest absolute Gasteiger partial charge is 0.493 e. The normalized spacial score (nSPS) is 11.7. The molecule has 2 aromatic rings. The number of unbranched alkanes of at least 4 members (excludes halogenated alkanes) is 1. The molecule has 0 amide bonds. The van der Waals surface area contributed by atoms with Crippen LogP contribution < -0.4 is 18.8 Å². The Balaban J connectivity index is 2.06. The van der Waals surface area contributed by atoms with E-state index in [-0.39, 0.29) is 0 Å². The first-order valence-corrected chi connectivity index (χ1v) is 12.5. The Labute approximate surface area is 196 Å². The first-order valence-electron chi connectivity index (χ1n) is 10.5. The third-order valence-electron chi connectivity index (χ3n) is 5.31. The van der Waals surface area contributed by atoms with Crippen molar-refractivity contribution in [2.45, 2.75) is 19.4 Å². The van der Waals surface area contributed by atoms with Gasteiger partial charge < -0.3 is 18.7 Å². The molecule has 2 rings (SSSR count). The van der Waals surface area contributed by atoms with Crippen molar-refractivity contribution < 1.29 is 23.3 Å². The summed E-state index contributed by atoms with van der Waals surface area (Å²) in [6, 6.07) is 10.2. The summed E-state index contributed by atoms with van der Waals surface area (Å²) in [5, 5.41) is 0. The Morgan fingerprint density at radius 2 is 1.68 bits per heavy atom. The maximum atomic E-state index is 5.46. The predicted octanol–water partition coefficient (Wildman–Crippen LogP) is 4.60. The zero-order valence-electron chi connectivity index (χ0n) is 19.3. The lowest BCUT2D eigenvalue weighted by atomic mass is 10.1. The van der Waals surface area contributed by atoms with Crippen LogP contribution in [0, 0.1) is 0 Å². The van der Waals surface area contributed by atoms with E-state index >= 15 is 0 Å². The van der Waals surface area contributed by atoms with Crippen LogP contribution in [0.3, 0.4) is 0 Å². The fourth-order valence-corrected chi connectivity index (χ4v) is 4.27. The number of aryl methyl sites for hydroxylation is 1. The fraction of sp³-hybridized carbons (Fsp3) is 0.458. The zero-order chi connectivity index (χ0) is 22.7. The van der Waals surface area contributed by atoms with Crippen molar-refractivity contribution in [3.05, 3.63) is 47.8 Å². The van der Waals surface area contributed by atoms with Gasteiger partial charge in [-0.25, -0.2) is 0 Å². The van der Waals surface area contributed by atoms with E-state index < -0.39 is 0 Å². The highest BCUT2D eigenvalue weighted by Crippen LogP contribution is 2.38. The molecule has 0 saturated heterocycles. The van der Waals surface area contributed by atoms with Crippen LogP contribution in [-0.4, -0.2) is 58.8 Å². The second-order valence-corrected chi connectivity index (χ2v) is 9.48. The lowest BCUT2D eigenvalue weighted by Gasteiger charge is -2.29. The van der Waals surface area contributed by atoms with E-state index in [9.17, 15) is 0 Å². The van der Waals surface area contributed by atoms with Crippen LogP contribution in [0.4, 0.5) is 0 Å². The summed E-state index contributed by atoms with van der Waals surface area (Å²) in [5.74, 6) is 2.99. The van der Waals surface area contributed by atoms with Crippen molar-refractivity contribution in [2.75, 3.05) is 54.3 Å². The molecule has 170 valence electrons. The van der Waals surface area contributed by atoms with Gasteiger partial charge in [-0.05, 0) is 29.8 Å². The molecule has 7 heteroatoms. The smallest absolute Gasteiger partial charge is 0.205 e. The first-order chi connectivity index (χ1) is 14.9. The Bertz CT molecular complexity index is 831. The molecular weight excluding hydrogens is 428 g/mol. The summed E-state index contributed by atoms with van der Waals surface area (Å²) >= 11 is 4.26. The molecular formula is C24H36N2O3S2+2. The predicted molar refractivity (Wildman–Crippen MR) is 134 cm³/mol. The average molecular weight is 465 g/mol. The van der Waals surface area contributed by atoms with Crippen molar-refractivity contribution in [3.8, 4) is 17.2 Å². The van der Waals surface area contributed by atoms with Gasteiger partial charge in [0.1, 0.15) is 6.54 Å². The summed E-state index contributed by atoms with van der Waals surface area (Å²) < 4.78 is 19.7. The van der Waals surface area contributed by atoms with Gasteiger partial charge in [0.25, 0.3) is 0 Å². The second kappa shape index (κ2) is 12.9. The number of aromatic nitrogens is 1. The van der Waals surface area contributed by atoms with Crippen molar-refractivity contribution in [3.63, 3.8) is 0 Å². The van der Waals surface area contributed by atoms with Crippen molar-refractivity contribution in [2.24, 2.45) is 0 Å². The first kappa shape index (κ1) is 25.4. The van der Waals surface area contributed by atoms with Crippen molar-refractivity contribution >= 4 is 34.6 Å². The number of hydrogen-bond donors (Lipinski definition) is 1. The third-order valence-corrected chi connectivity index (χ3v) is 6.22. The lowest BCUT2D eigenvalue weighted by Crippen LogP contribution is -2.43. The summed E-state index contributed by atoms with van der Waals surface area (Å²) in [6.45, 7) is 3.32. The Hall–Kier alpha value is -1.83. The lowest BCUT2D eigenvalue weighted by molar-refractivity contribution is -0.888. The molecule has 0 unspecified atom stereocenters. The molecule has 0 atom stereocenters. The van der Waals surface area contributed by atoms with Gasteiger partial charge in [0.2, 0.25) is 11.4 Å². The number of hydrogen-bond acceptors (Lipinski definition) is 5. The number of pyridine rings is 1. The highest BCUT2D eigenvalue weighted by Gasteiger charge is 2.15. The molecule has 31 heavy (non-hydrogen) atoms. The number of methoxy groups -OCH3 is 3. The Kier molecular flexibility index (Phi) is 10.6. The summed E-state index contributed by atoms with van der Waals surface area (Å²) in [4.78, 5) is 0. The second-order valence-electron chi connectivity index (χ2n) is 8.03. The van der Waals surface area contributed by atoms with E-state index in [2.05, 4.69) is 66.9 Å². The minimum Gasteiger partial charge on any atom is -0.493 e. The highest BCUT2D eigenvalue weighted by molar-refractivity contribution is 8.68. The average Bonchev–Trinajstić information content (AvgIpc) is 2.78. The topological polar surface area (TPSA) is 31.6 Å². The van der Waals surface area contributed by atoms with Crippen molar-refractivity contribution in [1.82, 2.24) is 0 Å². The van der Waals surface area contributed by atoms with E-state index in [0.717, 1.165) is 41.0 Å². The highest BCUT2D eigenvalue weighted by atomic mass is 33.1. The SMILES string of the molecule is COc1cc(/C=C/c2cccc[n+]2CCCC[N+](C)(C)CCSS)cc(OC)c1OC. The summed E-state index contributed by atoms with van der Waals surface area (Å²) in [7, 11) is 11.1. The van der Waals surface area contributed by atoms with Gasteiger partial charge >= 0.3 is 0 Å². The van der Waals surface area contributed by atoms with Crippen molar-refractivity contribution in [1.29, 1.82) is 0 Å². The maximum Gasteiger partial charge on any atom is 0.205 e. The maximum absolute atomic E-state index is 5.46. The van der Waals surface area contributed by atoms with Gasteiger partial charge in [0, 0.05) is 31.1 Å².